The molecule has 1 aromatic heterocycles. The number of hydrogen-bond acceptors (Lipinski definition) is 4. The Kier molecular flexibility index (Phi) is 5.41. The first-order chi connectivity index (χ1) is 12.8. The molecule has 0 spiro atoms. The van der Waals surface area contributed by atoms with Crippen LogP contribution in [0.15, 0.2) is 36.5 Å². The van der Waals surface area contributed by atoms with E-state index in [0.29, 0.717) is 6.61 Å². The van der Waals surface area contributed by atoms with Crippen LogP contribution >= 0.6 is 0 Å². The quantitative estimate of drug-likeness (QED) is 0.833. The smallest absolute Gasteiger partial charge is 0.383 e. The van der Waals surface area contributed by atoms with Crippen LogP contribution in [-0.2, 0) is 4.74 Å². The molecule has 146 valence electrons. The van der Waals surface area contributed by atoms with E-state index in [1.807, 2.05) is 0 Å². The summed E-state index contributed by atoms with van der Waals surface area (Å²) < 4.78 is 46.7. The minimum absolute atomic E-state index is 0.0690. The summed E-state index contributed by atoms with van der Waals surface area (Å²) in [7, 11) is 1.50. The van der Waals surface area contributed by atoms with Crippen molar-refractivity contribution < 1.29 is 22.7 Å². The zero-order valence-corrected chi connectivity index (χ0v) is 15.0. The summed E-state index contributed by atoms with van der Waals surface area (Å²) in [6, 6.07) is 6.19. The number of carbonyl (C=O) groups is 1. The van der Waals surface area contributed by atoms with Crippen LogP contribution in [0.25, 0.3) is 0 Å². The second-order valence-electron chi connectivity index (χ2n) is 6.58. The molecule has 3 rings (SSSR count). The molecule has 2 aromatic rings. The molecule has 6 nitrogen and oxygen atoms in total. The number of carbonyl (C=O) groups excluding carboxylic acids is 1. The molecule has 2 heterocycles. The highest BCUT2D eigenvalue weighted by atomic mass is 19.4. The number of nitrogens with zero attached hydrogens (tertiary/aromatic N) is 2. The Morgan fingerprint density at radius 2 is 2.11 bits per heavy atom. The van der Waals surface area contributed by atoms with Gasteiger partial charge in [-0.05, 0) is 12.5 Å². The van der Waals surface area contributed by atoms with Gasteiger partial charge in [-0.1, -0.05) is 30.3 Å². The average Bonchev–Trinajstić information content (AvgIpc) is 3.05. The standard InChI is InChI=1S/C18H21F3N4O2/c1-11(10-27-2)23-17(26)13-9-22-25-15(18(19,20)21)8-14(24-16(13)25)12-6-4-3-5-7-12/h3-7,9,11,14-15,24H,8,10H2,1-2H3,(H,23,26)/t11-,14-,15-/m1/s1. The third-order valence-electron chi connectivity index (χ3n) is 4.48. The second-order valence-corrected chi connectivity index (χ2v) is 6.58. The van der Waals surface area contributed by atoms with Crippen molar-refractivity contribution in [1.29, 1.82) is 0 Å². The van der Waals surface area contributed by atoms with Crippen molar-refractivity contribution in [1.82, 2.24) is 15.1 Å². The second kappa shape index (κ2) is 7.59. The van der Waals surface area contributed by atoms with Crippen molar-refractivity contribution in [2.75, 3.05) is 19.0 Å². The Morgan fingerprint density at radius 3 is 2.74 bits per heavy atom. The van der Waals surface area contributed by atoms with Crippen LogP contribution in [0.3, 0.4) is 0 Å². The van der Waals surface area contributed by atoms with Gasteiger partial charge in [-0.25, -0.2) is 4.68 Å². The minimum atomic E-state index is -4.48. The van der Waals surface area contributed by atoms with Crippen LogP contribution in [0.5, 0.6) is 0 Å². The summed E-state index contributed by atoms with van der Waals surface area (Å²) in [4.78, 5) is 12.5. The van der Waals surface area contributed by atoms with Gasteiger partial charge < -0.3 is 15.4 Å². The number of anilines is 1. The maximum absolute atomic E-state index is 13.6. The average molecular weight is 382 g/mol. The van der Waals surface area contributed by atoms with E-state index in [4.69, 9.17) is 4.74 Å². The third-order valence-corrected chi connectivity index (χ3v) is 4.48. The Bertz CT molecular complexity index is 792. The fourth-order valence-corrected chi connectivity index (χ4v) is 3.23. The van der Waals surface area contributed by atoms with Gasteiger partial charge in [0.05, 0.1) is 18.8 Å². The summed E-state index contributed by atoms with van der Waals surface area (Å²) in [5, 5.41) is 9.61. The van der Waals surface area contributed by atoms with Gasteiger partial charge in [-0.2, -0.15) is 18.3 Å². The fraction of sp³-hybridized carbons (Fsp3) is 0.444. The lowest BCUT2D eigenvalue weighted by Crippen LogP contribution is -2.38. The Morgan fingerprint density at radius 1 is 1.41 bits per heavy atom. The number of nitrogens with one attached hydrogen (secondary N) is 2. The van der Waals surface area contributed by atoms with E-state index < -0.39 is 24.2 Å². The summed E-state index contributed by atoms with van der Waals surface area (Å²) >= 11 is 0. The van der Waals surface area contributed by atoms with Crippen molar-refractivity contribution in [2.45, 2.75) is 37.6 Å². The minimum Gasteiger partial charge on any atom is -0.383 e. The van der Waals surface area contributed by atoms with Gasteiger partial charge in [0, 0.05) is 19.6 Å². The highest BCUT2D eigenvalue weighted by molar-refractivity contribution is 5.99. The lowest BCUT2D eigenvalue weighted by Gasteiger charge is -2.34. The van der Waals surface area contributed by atoms with Crippen LogP contribution in [-0.4, -0.2) is 41.6 Å². The summed E-state index contributed by atoms with van der Waals surface area (Å²) in [6.45, 7) is 2.04. The van der Waals surface area contributed by atoms with Gasteiger partial charge in [0.25, 0.3) is 5.91 Å². The van der Waals surface area contributed by atoms with E-state index in [9.17, 15) is 18.0 Å². The van der Waals surface area contributed by atoms with Crippen molar-refractivity contribution in [2.24, 2.45) is 0 Å². The molecule has 1 aliphatic heterocycles. The first-order valence-corrected chi connectivity index (χ1v) is 8.56. The Hall–Kier alpha value is -2.55. The third kappa shape index (κ3) is 4.08. The number of rotatable bonds is 5. The molecule has 0 radical (unpaired) electrons. The molecule has 0 bridgehead atoms. The molecule has 9 heteroatoms. The first kappa shape index (κ1) is 19.2. The zero-order valence-electron chi connectivity index (χ0n) is 15.0. The largest absolute Gasteiger partial charge is 0.410 e. The maximum Gasteiger partial charge on any atom is 0.410 e. The summed E-state index contributed by atoms with van der Waals surface area (Å²) in [5.74, 6) is -0.428. The maximum atomic E-state index is 13.6. The number of hydrogen-bond donors (Lipinski definition) is 2. The van der Waals surface area contributed by atoms with E-state index >= 15 is 0 Å². The SMILES string of the molecule is COC[C@@H](C)NC(=O)c1cnn2c1N[C@@H](c1ccccc1)C[C@@H]2C(F)(F)F. The van der Waals surface area contributed by atoms with E-state index in [0.717, 1.165) is 10.2 Å². The predicted octanol–water partition coefficient (Wildman–Crippen LogP) is 3.31. The molecular formula is C18H21F3N4O2. The number of benzene rings is 1. The molecule has 0 saturated heterocycles. The number of halogens is 3. The number of amides is 1. The van der Waals surface area contributed by atoms with E-state index in [2.05, 4.69) is 15.7 Å². The van der Waals surface area contributed by atoms with Crippen molar-refractivity contribution in [3.8, 4) is 0 Å². The summed E-state index contributed by atoms with van der Waals surface area (Å²) in [5.41, 5.74) is 0.797. The first-order valence-electron chi connectivity index (χ1n) is 8.56. The lowest BCUT2D eigenvalue weighted by atomic mass is 9.96. The lowest BCUT2D eigenvalue weighted by molar-refractivity contribution is -0.173. The number of alkyl halides is 3. The van der Waals surface area contributed by atoms with Crippen LogP contribution in [0.4, 0.5) is 19.0 Å². The van der Waals surface area contributed by atoms with E-state index in [1.165, 1.54) is 13.3 Å². The van der Waals surface area contributed by atoms with Crippen LogP contribution in [0.1, 0.15) is 41.3 Å². The van der Waals surface area contributed by atoms with Gasteiger partial charge in [-0.15, -0.1) is 0 Å². The molecule has 3 atom stereocenters. The molecule has 27 heavy (non-hydrogen) atoms. The van der Waals surface area contributed by atoms with Crippen molar-refractivity contribution in [3.63, 3.8) is 0 Å². The van der Waals surface area contributed by atoms with E-state index in [1.54, 1.807) is 37.3 Å². The van der Waals surface area contributed by atoms with Gasteiger partial charge in [0.2, 0.25) is 0 Å². The highest BCUT2D eigenvalue weighted by Gasteiger charge is 2.47. The summed E-state index contributed by atoms with van der Waals surface area (Å²) in [6.07, 6.45) is -3.51. The molecule has 0 aliphatic carbocycles. The van der Waals surface area contributed by atoms with Crippen LogP contribution < -0.4 is 10.6 Å². The highest BCUT2D eigenvalue weighted by Crippen LogP contribution is 2.44. The van der Waals surface area contributed by atoms with Gasteiger partial charge in [-0.3, -0.25) is 4.79 Å². The zero-order chi connectivity index (χ0) is 19.6. The topological polar surface area (TPSA) is 68.2 Å². The predicted molar refractivity (Wildman–Crippen MR) is 93.5 cm³/mol. The van der Waals surface area contributed by atoms with Crippen molar-refractivity contribution >= 4 is 11.7 Å². The van der Waals surface area contributed by atoms with Gasteiger partial charge in [0.1, 0.15) is 11.4 Å². The normalized spacial score (nSPS) is 20.5. The Balaban J connectivity index is 1.94. The van der Waals surface area contributed by atoms with Crippen LogP contribution in [0, 0.1) is 0 Å². The molecule has 2 N–H and O–H groups in total. The van der Waals surface area contributed by atoms with Gasteiger partial charge in [0.15, 0.2) is 6.04 Å². The molecule has 1 amide bonds. The molecule has 1 aromatic carbocycles. The van der Waals surface area contributed by atoms with Crippen molar-refractivity contribution in [3.05, 3.63) is 47.7 Å². The van der Waals surface area contributed by atoms with E-state index in [-0.39, 0.29) is 23.8 Å². The molecule has 1 aliphatic rings. The molecular weight excluding hydrogens is 361 g/mol. The Labute approximate surface area is 154 Å². The number of methoxy groups -OCH3 is 1. The number of ether oxygens (including phenoxy) is 1. The molecule has 0 fully saturated rings. The fourth-order valence-electron chi connectivity index (χ4n) is 3.23. The molecule has 0 saturated carbocycles. The number of aromatic nitrogens is 2. The van der Waals surface area contributed by atoms with Gasteiger partial charge >= 0.3 is 6.18 Å². The van der Waals surface area contributed by atoms with Crippen LogP contribution in [0.2, 0.25) is 0 Å². The number of fused-ring (bicyclic) bond motifs is 1. The monoisotopic (exact) mass is 382 g/mol. The molecule has 0 unspecified atom stereocenters.